The van der Waals surface area contributed by atoms with E-state index in [1.807, 2.05) is 0 Å². The third-order valence-electron chi connectivity index (χ3n) is 4.21. The minimum atomic E-state index is -0.849. The summed E-state index contributed by atoms with van der Waals surface area (Å²) in [6, 6.07) is 4.34. The number of carbonyl (C=O) groups excluding carboxylic acids is 1. The Morgan fingerprint density at radius 2 is 1.83 bits per heavy atom. The molecule has 2 rings (SSSR count). The van der Waals surface area contributed by atoms with Gasteiger partial charge in [-0.3, -0.25) is 4.79 Å². The Hall–Kier alpha value is -2.36. The minimum absolute atomic E-state index is 0.132. The third kappa shape index (κ3) is 4.34. The van der Waals surface area contributed by atoms with Crippen LogP contribution in [0.4, 0.5) is 14.5 Å². The molecule has 1 saturated carbocycles. The number of benzene rings is 1. The molecule has 7 heteroatoms. The van der Waals surface area contributed by atoms with Crippen LogP contribution in [-0.2, 0) is 4.79 Å². The molecule has 0 saturated heterocycles. The van der Waals surface area contributed by atoms with Gasteiger partial charge in [0.25, 0.3) is 0 Å². The van der Waals surface area contributed by atoms with E-state index in [0.717, 1.165) is 37.8 Å². The smallest absolute Gasteiger partial charge is 0.240 e. The molecule has 0 heterocycles. The molecule has 1 amide bonds. The number of rotatable bonds is 5. The number of nitrogens with zero attached hydrogens (tertiary/aromatic N) is 1. The van der Waals surface area contributed by atoms with Crippen LogP contribution in [-0.4, -0.2) is 25.1 Å². The van der Waals surface area contributed by atoms with Crippen molar-refractivity contribution in [3.05, 3.63) is 23.8 Å². The van der Waals surface area contributed by atoms with Crippen molar-refractivity contribution >= 4 is 11.6 Å². The van der Waals surface area contributed by atoms with E-state index in [-0.39, 0.29) is 18.1 Å². The lowest BCUT2D eigenvalue weighted by Gasteiger charge is -2.26. The van der Waals surface area contributed by atoms with Crippen LogP contribution in [0.1, 0.15) is 38.5 Å². The highest BCUT2D eigenvalue weighted by Gasteiger charge is 2.32. The number of ether oxygens (including phenoxy) is 1. The van der Waals surface area contributed by atoms with Gasteiger partial charge in [0, 0.05) is 17.8 Å². The first kappa shape index (κ1) is 18.0. The molecule has 0 unspecified atom stereocenters. The molecule has 0 radical (unpaired) electrons. The molecule has 1 aliphatic carbocycles. The van der Waals surface area contributed by atoms with Crippen LogP contribution in [0.2, 0.25) is 0 Å². The van der Waals surface area contributed by atoms with Gasteiger partial charge in [0.2, 0.25) is 5.91 Å². The number of carbonyl (C=O) groups is 1. The number of methoxy groups -OCH3 is 1. The number of nitriles is 1. The highest BCUT2D eigenvalue weighted by Crippen LogP contribution is 2.27. The van der Waals surface area contributed by atoms with Crippen LogP contribution in [0, 0.1) is 23.0 Å². The van der Waals surface area contributed by atoms with Gasteiger partial charge in [-0.05, 0) is 12.8 Å². The number of nitrogens with one attached hydrogen (secondary N) is 2. The van der Waals surface area contributed by atoms with Crippen LogP contribution in [0.25, 0.3) is 0 Å². The van der Waals surface area contributed by atoms with Crippen LogP contribution in [0.15, 0.2) is 12.1 Å². The zero-order valence-electron chi connectivity index (χ0n) is 13.6. The Bertz CT molecular complexity index is 612. The van der Waals surface area contributed by atoms with Crippen molar-refractivity contribution in [2.24, 2.45) is 0 Å². The van der Waals surface area contributed by atoms with Crippen molar-refractivity contribution in [2.75, 3.05) is 19.0 Å². The number of halogens is 2. The summed E-state index contributed by atoms with van der Waals surface area (Å²) in [6.07, 6.45) is 5.16. The maximum atomic E-state index is 13.6. The molecule has 0 bridgehead atoms. The summed E-state index contributed by atoms with van der Waals surface area (Å²) in [5.74, 6) is -2.54. The first-order chi connectivity index (χ1) is 11.5. The van der Waals surface area contributed by atoms with E-state index in [1.54, 1.807) is 0 Å². The molecule has 0 atom stereocenters. The van der Waals surface area contributed by atoms with Gasteiger partial charge in [0.15, 0.2) is 17.4 Å². The highest BCUT2D eigenvalue weighted by molar-refractivity contribution is 5.81. The second-order valence-electron chi connectivity index (χ2n) is 5.98. The van der Waals surface area contributed by atoms with E-state index in [2.05, 4.69) is 21.4 Å². The fourth-order valence-corrected chi connectivity index (χ4v) is 2.95. The average Bonchev–Trinajstić information content (AvgIpc) is 2.79. The average molecular weight is 337 g/mol. The predicted octanol–water partition coefficient (Wildman–Crippen LogP) is 3.12. The summed E-state index contributed by atoms with van der Waals surface area (Å²) < 4.78 is 31.8. The molecular formula is C17H21F2N3O2. The Kier molecular flexibility index (Phi) is 5.96. The van der Waals surface area contributed by atoms with Crippen molar-refractivity contribution in [1.29, 1.82) is 5.26 Å². The van der Waals surface area contributed by atoms with E-state index in [4.69, 9.17) is 0 Å². The normalized spacial score (nSPS) is 16.6. The van der Waals surface area contributed by atoms with Gasteiger partial charge in [-0.25, -0.2) is 8.78 Å². The second-order valence-corrected chi connectivity index (χ2v) is 5.98. The van der Waals surface area contributed by atoms with Crippen molar-refractivity contribution < 1.29 is 18.3 Å². The maximum absolute atomic E-state index is 13.6. The van der Waals surface area contributed by atoms with Crippen LogP contribution in [0.3, 0.4) is 0 Å². The lowest BCUT2D eigenvalue weighted by Crippen LogP contribution is -2.48. The van der Waals surface area contributed by atoms with Crippen LogP contribution in [0.5, 0.6) is 5.75 Å². The zero-order chi connectivity index (χ0) is 17.6. The molecule has 24 heavy (non-hydrogen) atoms. The third-order valence-corrected chi connectivity index (χ3v) is 4.21. The number of hydrogen-bond donors (Lipinski definition) is 2. The fourth-order valence-electron chi connectivity index (χ4n) is 2.95. The van der Waals surface area contributed by atoms with E-state index in [0.29, 0.717) is 12.8 Å². The minimum Gasteiger partial charge on any atom is -0.491 e. The second kappa shape index (κ2) is 7.95. The Morgan fingerprint density at radius 1 is 1.25 bits per heavy atom. The van der Waals surface area contributed by atoms with Crippen LogP contribution >= 0.6 is 0 Å². The molecule has 1 aromatic rings. The standard InChI is InChI=1S/C17H21F2N3O2/c1-24-16-13(18)8-12(9-14(16)19)21-10-15(23)22-17(11-20)6-4-2-3-5-7-17/h8-9,21H,2-7,10H2,1H3,(H,22,23). The predicted molar refractivity (Wildman–Crippen MR) is 85.6 cm³/mol. The fraction of sp³-hybridized carbons (Fsp3) is 0.529. The molecule has 5 nitrogen and oxygen atoms in total. The van der Waals surface area contributed by atoms with Gasteiger partial charge in [-0.15, -0.1) is 0 Å². The summed E-state index contributed by atoms with van der Waals surface area (Å²) in [5.41, 5.74) is -0.709. The summed E-state index contributed by atoms with van der Waals surface area (Å²) in [5, 5.41) is 14.9. The lowest BCUT2D eigenvalue weighted by molar-refractivity contribution is -0.120. The molecule has 2 N–H and O–H groups in total. The van der Waals surface area contributed by atoms with E-state index in [9.17, 15) is 18.8 Å². The Balaban J connectivity index is 1.96. The number of hydrogen-bond acceptors (Lipinski definition) is 4. The highest BCUT2D eigenvalue weighted by atomic mass is 19.1. The van der Waals surface area contributed by atoms with Gasteiger partial charge in [-0.2, -0.15) is 5.26 Å². The summed E-state index contributed by atoms with van der Waals surface area (Å²) in [6.45, 7) is -0.172. The van der Waals surface area contributed by atoms with Crippen molar-refractivity contribution in [1.82, 2.24) is 5.32 Å². The van der Waals surface area contributed by atoms with Gasteiger partial charge < -0.3 is 15.4 Å². The van der Waals surface area contributed by atoms with Crippen LogP contribution < -0.4 is 15.4 Å². The molecular weight excluding hydrogens is 316 g/mol. The quantitative estimate of drug-likeness (QED) is 0.810. The summed E-state index contributed by atoms with van der Waals surface area (Å²) in [7, 11) is 1.18. The van der Waals surface area contributed by atoms with Crippen molar-refractivity contribution in [3.63, 3.8) is 0 Å². The van der Waals surface area contributed by atoms with Gasteiger partial charge in [-0.1, -0.05) is 25.7 Å². The molecule has 0 spiro atoms. The van der Waals surface area contributed by atoms with E-state index in [1.165, 1.54) is 7.11 Å². The summed E-state index contributed by atoms with van der Waals surface area (Å²) in [4.78, 5) is 12.1. The monoisotopic (exact) mass is 337 g/mol. The Morgan fingerprint density at radius 3 is 2.33 bits per heavy atom. The Labute approximate surface area is 140 Å². The van der Waals surface area contributed by atoms with E-state index < -0.39 is 22.9 Å². The first-order valence-electron chi connectivity index (χ1n) is 7.99. The summed E-state index contributed by atoms with van der Waals surface area (Å²) >= 11 is 0. The van der Waals surface area contributed by atoms with E-state index >= 15 is 0 Å². The first-order valence-corrected chi connectivity index (χ1v) is 7.99. The maximum Gasteiger partial charge on any atom is 0.240 e. The molecule has 0 aliphatic heterocycles. The lowest BCUT2D eigenvalue weighted by atomic mass is 9.92. The molecule has 0 aromatic heterocycles. The van der Waals surface area contributed by atoms with Gasteiger partial charge in [0.05, 0.1) is 19.7 Å². The van der Waals surface area contributed by atoms with Crippen molar-refractivity contribution in [2.45, 2.75) is 44.1 Å². The molecule has 1 aliphatic rings. The number of amides is 1. The SMILES string of the molecule is COc1c(F)cc(NCC(=O)NC2(C#N)CCCCCC2)cc1F. The van der Waals surface area contributed by atoms with Gasteiger partial charge in [0.1, 0.15) is 5.54 Å². The van der Waals surface area contributed by atoms with Crippen molar-refractivity contribution in [3.8, 4) is 11.8 Å². The van der Waals surface area contributed by atoms with Gasteiger partial charge >= 0.3 is 0 Å². The molecule has 1 fully saturated rings. The zero-order valence-corrected chi connectivity index (χ0v) is 13.6. The molecule has 130 valence electrons. The topological polar surface area (TPSA) is 74.2 Å². The molecule has 1 aromatic carbocycles. The largest absolute Gasteiger partial charge is 0.491 e. The number of anilines is 1.